The van der Waals surface area contributed by atoms with Gasteiger partial charge in [0.1, 0.15) is 17.0 Å². The first-order valence-corrected chi connectivity index (χ1v) is 11.3. The maximum atomic E-state index is 12.3. The first kappa shape index (κ1) is 23.3. The minimum Gasteiger partial charge on any atom is -0.497 e. The Kier molecular flexibility index (Phi) is 7.15. The molecule has 0 bridgehead atoms. The van der Waals surface area contributed by atoms with Gasteiger partial charge in [-0.2, -0.15) is 0 Å². The molecule has 172 valence electrons. The zero-order chi connectivity index (χ0) is 23.3. The molecule has 3 aromatic rings. The minimum absolute atomic E-state index is 0.122. The molecule has 0 spiro atoms. The van der Waals surface area contributed by atoms with E-state index < -0.39 is 16.1 Å². The lowest BCUT2D eigenvalue weighted by Gasteiger charge is -2.11. The zero-order valence-electron chi connectivity index (χ0n) is 18.2. The van der Waals surface area contributed by atoms with Gasteiger partial charge in [-0.15, -0.1) is 5.10 Å². The first-order chi connectivity index (χ1) is 15.2. The monoisotopic (exact) mass is 462 g/mol. The number of nitrogens with zero attached hydrogens (tertiary/aromatic N) is 3. The molecule has 0 fully saturated rings. The number of aromatic nitrogens is 3. The Morgan fingerprint density at radius 2 is 1.78 bits per heavy atom. The van der Waals surface area contributed by atoms with Crippen LogP contribution in [0.5, 0.6) is 11.5 Å². The molecule has 11 nitrogen and oxygen atoms in total. The van der Waals surface area contributed by atoms with Crippen LogP contribution in [0.4, 0.5) is 10.5 Å². The lowest BCUT2D eigenvalue weighted by atomic mass is 10.3. The number of sulfonamides is 1. The topological polar surface area (TPSA) is 136 Å². The number of nitrogens with one attached hydrogen (secondary N) is 3. The van der Waals surface area contributed by atoms with Crippen LogP contribution >= 0.6 is 0 Å². The maximum Gasteiger partial charge on any atom is 0.319 e. The maximum absolute atomic E-state index is 12.3. The molecule has 0 saturated carbocycles. The largest absolute Gasteiger partial charge is 0.497 e. The van der Waals surface area contributed by atoms with Crippen LogP contribution in [0.3, 0.4) is 0 Å². The van der Waals surface area contributed by atoms with Gasteiger partial charge in [-0.05, 0) is 32.0 Å². The molecule has 2 amide bonds. The van der Waals surface area contributed by atoms with E-state index >= 15 is 0 Å². The summed E-state index contributed by atoms with van der Waals surface area (Å²) >= 11 is 0. The van der Waals surface area contributed by atoms with Gasteiger partial charge in [-0.3, -0.25) is 0 Å². The number of methoxy groups -OCH3 is 2. The fraction of sp³-hybridized carbons (Fsp3) is 0.350. The van der Waals surface area contributed by atoms with E-state index in [1.165, 1.54) is 26.4 Å². The number of hydrogen-bond donors (Lipinski definition) is 3. The molecule has 0 aliphatic carbocycles. The molecule has 0 aliphatic rings. The van der Waals surface area contributed by atoms with Crippen LogP contribution in [0.25, 0.3) is 11.0 Å². The third kappa shape index (κ3) is 5.65. The number of ether oxygens (including phenoxy) is 2. The van der Waals surface area contributed by atoms with Gasteiger partial charge < -0.3 is 20.1 Å². The highest BCUT2D eigenvalue weighted by atomic mass is 32.2. The summed E-state index contributed by atoms with van der Waals surface area (Å²) in [6.07, 6.45) is 0. The lowest BCUT2D eigenvalue weighted by Crippen LogP contribution is -2.31. The predicted octanol–water partition coefficient (Wildman–Crippen LogP) is 1.96. The highest BCUT2D eigenvalue weighted by Crippen LogP contribution is 2.25. The van der Waals surface area contributed by atoms with E-state index in [1.807, 2.05) is 0 Å². The summed E-state index contributed by atoms with van der Waals surface area (Å²) in [6.45, 7) is 4.13. The van der Waals surface area contributed by atoms with Crippen molar-refractivity contribution >= 4 is 32.8 Å². The van der Waals surface area contributed by atoms with Gasteiger partial charge in [0.05, 0.1) is 31.2 Å². The zero-order valence-corrected chi connectivity index (χ0v) is 19.1. The molecule has 0 aliphatic heterocycles. The summed E-state index contributed by atoms with van der Waals surface area (Å²) < 4.78 is 39.2. The standard InChI is InChI=1S/C20H26N6O5S/c1-13(2)24-32(28,29)17-5-6-19-18(12-17)23-25-26(19)8-7-21-20(27)22-14-9-15(30-3)11-16(10-14)31-4/h5-6,9-13,24H,7-8H2,1-4H3,(H2,21,22,27). The molecule has 0 radical (unpaired) electrons. The van der Waals surface area contributed by atoms with Crippen molar-refractivity contribution in [2.75, 3.05) is 26.1 Å². The van der Waals surface area contributed by atoms with E-state index in [2.05, 4.69) is 25.7 Å². The fourth-order valence-corrected chi connectivity index (χ4v) is 4.26. The number of hydrogen-bond acceptors (Lipinski definition) is 7. The van der Waals surface area contributed by atoms with Crippen LogP contribution in [-0.2, 0) is 16.6 Å². The normalized spacial score (nSPS) is 11.5. The molecular formula is C20H26N6O5S. The first-order valence-electron chi connectivity index (χ1n) is 9.85. The van der Waals surface area contributed by atoms with Gasteiger partial charge in [0.2, 0.25) is 10.0 Å². The van der Waals surface area contributed by atoms with Crippen molar-refractivity contribution in [3.63, 3.8) is 0 Å². The van der Waals surface area contributed by atoms with Crippen LogP contribution in [0.15, 0.2) is 41.3 Å². The van der Waals surface area contributed by atoms with Gasteiger partial charge in [0, 0.05) is 36.5 Å². The predicted molar refractivity (Wildman–Crippen MR) is 120 cm³/mol. The number of carbonyl (C=O) groups is 1. The lowest BCUT2D eigenvalue weighted by molar-refractivity contribution is 0.251. The van der Waals surface area contributed by atoms with E-state index in [0.717, 1.165) is 0 Å². The Bertz CT molecular complexity index is 1190. The average molecular weight is 463 g/mol. The van der Waals surface area contributed by atoms with Crippen LogP contribution in [-0.4, -0.2) is 56.2 Å². The number of carbonyl (C=O) groups excluding carboxylic acids is 1. The van der Waals surface area contributed by atoms with Crippen LogP contribution in [0, 0.1) is 0 Å². The molecular weight excluding hydrogens is 436 g/mol. The molecule has 32 heavy (non-hydrogen) atoms. The molecule has 2 aromatic carbocycles. The van der Waals surface area contributed by atoms with Gasteiger partial charge >= 0.3 is 6.03 Å². The number of benzene rings is 2. The Morgan fingerprint density at radius 3 is 2.41 bits per heavy atom. The highest BCUT2D eigenvalue weighted by molar-refractivity contribution is 7.89. The van der Waals surface area contributed by atoms with Crippen molar-refractivity contribution in [2.45, 2.75) is 31.3 Å². The Labute approximate surface area is 186 Å². The molecule has 0 saturated heterocycles. The number of urea groups is 1. The molecule has 1 heterocycles. The van der Waals surface area contributed by atoms with Crippen LogP contribution in [0.2, 0.25) is 0 Å². The highest BCUT2D eigenvalue weighted by Gasteiger charge is 2.17. The van der Waals surface area contributed by atoms with Gasteiger partial charge in [-0.25, -0.2) is 22.6 Å². The SMILES string of the molecule is COc1cc(NC(=O)NCCn2nnc3cc(S(=O)(=O)NC(C)C)ccc32)cc(OC)c1. The smallest absolute Gasteiger partial charge is 0.319 e. The molecule has 0 atom stereocenters. The second kappa shape index (κ2) is 9.83. The quantitative estimate of drug-likeness (QED) is 0.442. The van der Waals surface area contributed by atoms with Crippen molar-refractivity contribution in [1.29, 1.82) is 0 Å². The molecule has 1 aromatic heterocycles. The van der Waals surface area contributed by atoms with Crippen molar-refractivity contribution in [2.24, 2.45) is 0 Å². The van der Waals surface area contributed by atoms with Crippen molar-refractivity contribution in [3.05, 3.63) is 36.4 Å². The second-order valence-corrected chi connectivity index (χ2v) is 8.94. The van der Waals surface area contributed by atoms with E-state index in [4.69, 9.17) is 9.47 Å². The third-order valence-electron chi connectivity index (χ3n) is 4.41. The van der Waals surface area contributed by atoms with Gasteiger partial charge in [0.25, 0.3) is 0 Å². The molecule has 3 N–H and O–H groups in total. The summed E-state index contributed by atoms with van der Waals surface area (Å²) in [7, 11) is -0.564. The van der Waals surface area contributed by atoms with E-state index in [-0.39, 0.29) is 17.5 Å². The molecule has 12 heteroatoms. The summed E-state index contributed by atoms with van der Waals surface area (Å²) in [5, 5.41) is 13.6. The molecule has 0 unspecified atom stereocenters. The number of amides is 2. The Hall–Kier alpha value is -3.38. The summed E-state index contributed by atoms with van der Waals surface area (Å²) in [5.41, 5.74) is 1.63. The second-order valence-electron chi connectivity index (χ2n) is 7.22. The number of anilines is 1. The van der Waals surface area contributed by atoms with E-state index in [9.17, 15) is 13.2 Å². The van der Waals surface area contributed by atoms with Gasteiger partial charge in [0.15, 0.2) is 0 Å². The van der Waals surface area contributed by atoms with Crippen LogP contribution in [0.1, 0.15) is 13.8 Å². The summed E-state index contributed by atoms with van der Waals surface area (Å²) in [4.78, 5) is 12.3. The van der Waals surface area contributed by atoms with Crippen LogP contribution < -0.4 is 24.8 Å². The van der Waals surface area contributed by atoms with E-state index in [0.29, 0.717) is 34.8 Å². The summed E-state index contributed by atoms with van der Waals surface area (Å²) in [5.74, 6) is 1.11. The van der Waals surface area contributed by atoms with Crippen molar-refractivity contribution < 1.29 is 22.7 Å². The number of rotatable bonds is 9. The minimum atomic E-state index is -3.62. The van der Waals surface area contributed by atoms with E-state index in [1.54, 1.807) is 42.8 Å². The Balaban J connectivity index is 1.61. The van der Waals surface area contributed by atoms with Crippen molar-refractivity contribution in [3.8, 4) is 11.5 Å². The Morgan fingerprint density at radius 1 is 1.09 bits per heavy atom. The number of fused-ring (bicyclic) bond motifs is 1. The summed E-state index contributed by atoms with van der Waals surface area (Å²) in [6, 6.07) is 9.05. The van der Waals surface area contributed by atoms with Crippen molar-refractivity contribution in [1.82, 2.24) is 25.0 Å². The van der Waals surface area contributed by atoms with Gasteiger partial charge in [-0.1, -0.05) is 5.21 Å². The average Bonchev–Trinajstić information content (AvgIpc) is 3.14. The molecule has 3 rings (SSSR count). The third-order valence-corrected chi connectivity index (χ3v) is 6.06. The fourth-order valence-electron chi connectivity index (χ4n) is 2.99.